The third-order valence-electron chi connectivity index (χ3n) is 2.65. The Kier molecular flexibility index (Phi) is 3.48. The van der Waals surface area contributed by atoms with E-state index in [-0.39, 0.29) is 0 Å². The van der Waals surface area contributed by atoms with E-state index in [0.717, 1.165) is 24.0 Å². The second-order valence-corrected chi connectivity index (χ2v) is 3.94. The molecule has 0 aliphatic heterocycles. The molecule has 1 unspecified atom stereocenters. The van der Waals surface area contributed by atoms with Crippen LogP contribution in [0.25, 0.3) is 5.52 Å². The first-order chi connectivity index (χ1) is 7.81. The summed E-state index contributed by atoms with van der Waals surface area (Å²) in [6.45, 7) is 3.65. The van der Waals surface area contributed by atoms with Gasteiger partial charge in [0.05, 0.1) is 17.9 Å². The predicted octanol–water partition coefficient (Wildman–Crippen LogP) is 0.556. The summed E-state index contributed by atoms with van der Waals surface area (Å²) in [7, 11) is 0. The highest BCUT2D eigenvalue weighted by molar-refractivity contribution is 5.51. The number of nitrogens with zero attached hydrogens (tertiary/aromatic N) is 3. The van der Waals surface area contributed by atoms with Gasteiger partial charge < -0.3 is 11.1 Å². The van der Waals surface area contributed by atoms with Gasteiger partial charge in [-0.15, -0.1) is 0 Å². The van der Waals surface area contributed by atoms with Crippen LogP contribution in [0.3, 0.4) is 0 Å². The lowest BCUT2D eigenvalue weighted by molar-refractivity contribution is 0.521. The number of hydrogen-bond acceptors (Lipinski definition) is 4. The van der Waals surface area contributed by atoms with Crippen LogP contribution in [0.1, 0.15) is 18.9 Å². The molecule has 86 valence electrons. The first-order valence-electron chi connectivity index (χ1n) is 5.51. The van der Waals surface area contributed by atoms with Crippen molar-refractivity contribution < 1.29 is 0 Å². The maximum atomic E-state index is 5.50. The Labute approximate surface area is 94.7 Å². The van der Waals surface area contributed by atoms with Crippen LogP contribution in [-0.4, -0.2) is 27.2 Å². The summed E-state index contributed by atoms with van der Waals surface area (Å²) < 4.78 is 1.83. The second kappa shape index (κ2) is 5.05. The molecule has 0 spiro atoms. The zero-order valence-corrected chi connectivity index (χ0v) is 9.43. The summed E-state index contributed by atoms with van der Waals surface area (Å²) in [6, 6.07) is 0.427. The SMILES string of the molecule is CC(CCN)NCc1cnn2ccncc12. The number of hydrogen-bond donors (Lipinski definition) is 2. The van der Waals surface area contributed by atoms with Gasteiger partial charge in [0.25, 0.3) is 0 Å². The third-order valence-corrected chi connectivity index (χ3v) is 2.65. The van der Waals surface area contributed by atoms with Gasteiger partial charge in [-0.1, -0.05) is 0 Å². The van der Waals surface area contributed by atoms with Crippen LogP contribution in [0.15, 0.2) is 24.8 Å². The summed E-state index contributed by atoms with van der Waals surface area (Å²) in [5.41, 5.74) is 7.72. The van der Waals surface area contributed by atoms with Gasteiger partial charge in [-0.3, -0.25) is 4.98 Å². The van der Waals surface area contributed by atoms with Crippen molar-refractivity contribution in [1.82, 2.24) is 19.9 Å². The van der Waals surface area contributed by atoms with E-state index in [1.807, 2.05) is 23.1 Å². The topological polar surface area (TPSA) is 68.2 Å². The highest BCUT2D eigenvalue weighted by atomic mass is 15.2. The maximum Gasteiger partial charge on any atom is 0.0889 e. The Morgan fingerprint density at radius 1 is 1.50 bits per heavy atom. The Morgan fingerprint density at radius 3 is 3.19 bits per heavy atom. The number of nitrogens with one attached hydrogen (secondary N) is 1. The molecule has 3 N–H and O–H groups in total. The van der Waals surface area contributed by atoms with Crippen LogP contribution in [0.5, 0.6) is 0 Å². The molecule has 0 saturated heterocycles. The molecule has 2 aromatic rings. The monoisotopic (exact) mass is 219 g/mol. The molecule has 2 aromatic heterocycles. The van der Waals surface area contributed by atoms with Gasteiger partial charge in [0, 0.05) is 30.5 Å². The Bertz CT molecular complexity index is 450. The smallest absolute Gasteiger partial charge is 0.0889 e. The Morgan fingerprint density at radius 2 is 2.38 bits per heavy atom. The van der Waals surface area contributed by atoms with E-state index in [2.05, 4.69) is 22.3 Å². The minimum Gasteiger partial charge on any atom is -0.330 e. The molecule has 0 aliphatic rings. The van der Waals surface area contributed by atoms with Crippen LogP contribution in [0.2, 0.25) is 0 Å². The van der Waals surface area contributed by atoms with Crippen molar-refractivity contribution in [1.29, 1.82) is 0 Å². The van der Waals surface area contributed by atoms with Gasteiger partial charge in [-0.2, -0.15) is 5.10 Å². The normalized spacial score (nSPS) is 13.1. The molecule has 5 heteroatoms. The molecule has 0 aliphatic carbocycles. The fourth-order valence-corrected chi connectivity index (χ4v) is 1.66. The summed E-state index contributed by atoms with van der Waals surface area (Å²) in [6.07, 6.45) is 8.27. The maximum absolute atomic E-state index is 5.50. The van der Waals surface area contributed by atoms with Gasteiger partial charge in [-0.25, -0.2) is 4.52 Å². The van der Waals surface area contributed by atoms with Crippen LogP contribution in [0, 0.1) is 0 Å². The minimum atomic E-state index is 0.427. The predicted molar refractivity (Wildman–Crippen MR) is 63.0 cm³/mol. The average molecular weight is 219 g/mol. The Balaban J connectivity index is 2.04. The highest BCUT2D eigenvalue weighted by Crippen LogP contribution is 2.08. The zero-order valence-electron chi connectivity index (χ0n) is 9.43. The van der Waals surface area contributed by atoms with Gasteiger partial charge >= 0.3 is 0 Å². The largest absolute Gasteiger partial charge is 0.330 e. The number of fused-ring (bicyclic) bond motifs is 1. The van der Waals surface area contributed by atoms with Crippen molar-refractivity contribution in [2.24, 2.45) is 5.73 Å². The zero-order chi connectivity index (χ0) is 11.4. The van der Waals surface area contributed by atoms with E-state index >= 15 is 0 Å². The fourth-order valence-electron chi connectivity index (χ4n) is 1.66. The highest BCUT2D eigenvalue weighted by Gasteiger charge is 2.05. The van der Waals surface area contributed by atoms with Gasteiger partial charge in [0.1, 0.15) is 0 Å². The van der Waals surface area contributed by atoms with E-state index in [9.17, 15) is 0 Å². The molecule has 0 bridgehead atoms. The van der Waals surface area contributed by atoms with Crippen molar-refractivity contribution in [2.45, 2.75) is 25.9 Å². The van der Waals surface area contributed by atoms with Crippen molar-refractivity contribution in [3.8, 4) is 0 Å². The Hall–Kier alpha value is -1.46. The standard InChI is InChI=1S/C11H17N5/c1-9(2-3-12)14-6-10-7-15-16-5-4-13-8-11(10)16/h4-5,7-9,14H,2-3,6,12H2,1H3. The summed E-state index contributed by atoms with van der Waals surface area (Å²) in [4.78, 5) is 4.10. The first kappa shape index (κ1) is 11.0. The lowest BCUT2D eigenvalue weighted by Gasteiger charge is -2.11. The van der Waals surface area contributed by atoms with Crippen molar-refractivity contribution in [2.75, 3.05) is 6.54 Å². The average Bonchev–Trinajstić information content (AvgIpc) is 2.70. The molecule has 16 heavy (non-hydrogen) atoms. The van der Waals surface area contributed by atoms with Crippen LogP contribution in [-0.2, 0) is 6.54 Å². The van der Waals surface area contributed by atoms with Crippen LogP contribution in [0.4, 0.5) is 0 Å². The molecule has 0 amide bonds. The second-order valence-electron chi connectivity index (χ2n) is 3.94. The quantitative estimate of drug-likeness (QED) is 0.771. The summed E-state index contributed by atoms with van der Waals surface area (Å²) in [5, 5.41) is 7.67. The van der Waals surface area contributed by atoms with E-state index in [0.29, 0.717) is 12.6 Å². The molecule has 2 rings (SSSR count). The summed E-state index contributed by atoms with van der Waals surface area (Å²) >= 11 is 0. The molecular weight excluding hydrogens is 202 g/mol. The lowest BCUT2D eigenvalue weighted by Crippen LogP contribution is -2.27. The van der Waals surface area contributed by atoms with E-state index in [1.165, 1.54) is 0 Å². The van der Waals surface area contributed by atoms with Crippen molar-refractivity contribution in [3.63, 3.8) is 0 Å². The van der Waals surface area contributed by atoms with Crippen molar-refractivity contribution in [3.05, 3.63) is 30.4 Å². The third kappa shape index (κ3) is 2.37. The fraction of sp³-hybridized carbons (Fsp3) is 0.455. The van der Waals surface area contributed by atoms with Gasteiger partial charge in [0.2, 0.25) is 0 Å². The molecule has 0 saturated carbocycles. The van der Waals surface area contributed by atoms with E-state index in [1.54, 1.807) is 6.20 Å². The van der Waals surface area contributed by atoms with Gasteiger partial charge in [-0.05, 0) is 19.9 Å². The number of rotatable bonds is 5. The van der Waals surface area contributed by atoms with Crippen LogP contribution < -0.4 is 11.1 Å². The number of aromatic nitrogens is 3. The van der Waals surface area contributed by atoms with Crippen LogP contribution >= 0.6 is 0 Å². The van der Waals surface area contributed by atoms with Gasteiger partial charge in [0.15, 0.2) is 0 Å². The molecule has 2 heterocycles. The van der Waals surface area contributed by atoms with E-state index < -0.39 is 0 Å². The first-order valence-corrected chi connectivity index (χ1v) is 5.51. The molecule has 0 radical (unpaired) electrons. The summed E-state index contributed by atoms with van der Waals surface area (Å²) in [5.74, 6) is 0. The minimum absolute atomic E-state index is 0.427. The molecule has 0 aromatic carbocycles. The number of nitrogens with two attached hydrogens (primary N) is 1. The molecule has 0 fully saturated rings. The van der Waals surface area contributed by atoms with Crippen molar-refractivity contribution >= 4 is 5.52 Å². The molecular formula is C11H17N5. The van der Waals surface area contributed by atoms with E-state index in [4.69, 9.17) is 5.73 Å². The lowest BCUT2D eigenvalue weighted by atomic mass is 10.2. The molecule has 5 nitrogen and oxygen atoms in total. The molecule has 1 atom stereocenters.